The molecule has 0 atom stereocenters. The number of aryl methyl sites for hydroxylation is 1. The Labute approximate surface area is 113 Å². The fourth-order valence-corrected chi connectivity index (χ4v) is 1.56. The van der Waals surface area contributed by atoms with Crippen molar-refractivity contribution in [3.05, 3.63) is 45.8 Å². The number of carbonyl (C=O) groups is 1. The Bertz CT molecular complexity index is 665. The summed E-state index contributed by atoms with van der Waals surface area (Å²) in [6.45, 7) is 1.67. The highest BCUT2D eigenvalue weighted by molar-refractivity contribution is 6.03. The summed E-state index contributed by atoms with van der Waals surface area (Å²) in [7, 11) is 1.40. The standard InChI is InChI=1S/C12H11N3O5/c1-7-5-11(20-14-7)12(16)13-9-6-8(15(17)18)3-4-10(9)19-2/h3-6H,1-2H3,(H,13,16). The van der Waals surface area contributed by atoms with Crippen LogP contribution in [0.3, 0.4) is 0 Å². The second kappa shape index (κ2) is 5.39. The molecule has 0 aliphatic rings. The van der Waals surface area contributed by atoms with E-state index in [1.807, 2.05) is 0 Å². The molecule has 2 aromatic rings. The van der Waals surface area contributed by atoms with Crippen LogP contribution >= 0.6 is 0 Å². The number of anilines is 1. The molecular formula is C12H11N3O5. The fourth-order valence-electron chi connectivity index (χ4n) is 1.56. The van der Waals surface area contributed by atoms with Crippen LogP contribution in [0.4, 0.5) is 11.4 Å². The Kier molecular flexibility index (Phi) is 3.65. The van der Waals surface area contributed by atoms with Crippen molar-refractivity contribution >= 4 is 17.3 Å². The summed E-state index contributed by atoms with van der Waals surface area (Å²) >= 11 is 0. The first-order chi connectivity index (χ1) is 9.51. The lowest BCUT2D eigenvalue weighted by Crippen LogP contribution is -2.12. The maximum absolute atomic E-state index is 11.9. The lowest BCUT2D eigenvalue weighted by molar-refractivity contribution is -0.384. The zero-order valence-corrected chi connectivity index (χ0v) is 10.7. The third-order valence-corrected chi connectivity index (χ3v) is 2.49. The average Bonchev–Trinajstić information content (AvgIpc) is 2.85. The van der Waals surface area contributed by atoms with E-state index in [1.165, 1.54) is 31.4 Å². The molecule has 1 aromatic heterocycles. The van der Waals surface area contributed by atoms with E-state index in [1.54, 1.807) is 6.92 Å². The molecule has 1 amide bonds. The van der Waals surface area contributed by atoms with Gasteiger partial charge in [0.1, 0.15) is 5.75 Å². The van der Waals surface area contributed by atoms with E-state index in [0.717, 1.165) is 0 Å². The van der Waals surface area contributed by atoms with E-state index in [-0.39, 0.29) is 17.1 Å². The molecule has 0 aliphatic carbocycles. The molecule has 0 unspecified atom stereocenters. The van der Waals surface area contributed by atoms with E-state index in [4.69, 9.17) is 9.26 Å². The van der Waals surface area contributed by atoms with Gasteiger partial charge in [-0.2, -0.15) is 0 Å². The molecule has 20 heavy (non-hydrogen) atoms. The number of carbonyl (C=O) groups excluding carboxylic acids is 1. The van der Waals surface area contributed by atoms with Crippen LogP contribution in [0.15, 0.2) is 28.8 Å². The first-order valence-electron chi connectivity index (χ1n) is 5.58. The smallest absolute Gasteiger partial charge is 0.294 e. The second-order valence-corrected chi connectivity index (χ2v) is 3.93. The number of nitro benzene ring substituents is 1. The Morgan fingerprint density at radius 3 is 2.75 bits per heavy atom. The van der Waals surface area contributed by atoms with Gasteiger partial charge in [-0.1, -0.05) is 5.16 Å². The number of non-ortho nitro benzene ring substituents is 1. The molecule has 8 heteroatoms. The zero-order valence-electron chi connectivity index (χ0n) is 10.7. The van der Waals surface area contributed by atoms with Crippen LogP contribution in [-0.2, 0) is 0 Å². The van der Waals surface area contributed by atoms with Gasteiger partial charge < -0.3 is 14.6 Å². The van der Waals surface area contributed by atoms with Crippen molar-refractivity contribution in [2.45, 2.75) is 6.92 Å². The number of benzene rings is 1. The van der Waals surface area contributed by atoms with Gasteiger partial charge in [-0.25, -0.2) is 0 Å². The summed E-state index contributed by atoms with van der Waals surface area (Å²) in [6, 6.07) is 5.35. The van der Waals surface area contributed by atoms with Crippen LogP contribution < -0.4 is 10.1 Å². The number of nitrogens with zero attached hydrogens (tertiary/aromatic N) is 2. The number of amides is 1. The van der Waals surface area contributed by atoms with E-state index >= 15 is 0 Å². The summed E-state index contributed by atoms with van der Waals surface area (Å²) in [4.78, 5) is 22.1. The molecule has 0 aliphatic heterocycles. The van der Waals surface area contributed by atoms with Crippen LogP contribution in [-0.4, -0.2) is 23.1 Å². The normalized spacial score (nSPS) is 10.1. The minimum absolute atomic E-state index is 0.0102. The minimum Gasteiger partial charge on any atom is -0.495 e. The monoisotopic (exact) mass is 277 g/mol. The van der Waals surface area contributed by atoms with Gasteiger partial charge >= 0.3 is 0 Å². The topological polar surface area (TPSA) is 108 Å². The summed E-state index contributed by atoms with van der Waals surface area (Å²) in [5.41, 5.74) is 0.580. The molecule has 0 fully saturated rings. The Morgan fingerprint density at radius 1 is 1.45 bits per heavy atom. The third-order valence-electron chi connectivity index (χ3n) is 2.49. The van der Waals surface area contributed by atoms with Crippen molar-refractivity contribution in [3.63, 3.8) is 0 Å². The molecule has 104 valence electrons. The third kappa shape index (κ3) is 2.74. The van der Waals surface area contributed by atoms with E-state index in [0.29, 0.717) is 11.4 Å². The number of hydrogen-bond acceptors (Lipinski definition) is 6. The molecule has 0 saturated heterocycles. The number of nitrogens with one attached hydrogen (secondary N) is 1. The predicted molar refractivity (Wildman–Crippen MR) is 68.8 cm³/mol. The molecule has 1 aromatic carbocycles. The van der Waals surface area contributed by atoms with Crippen molar-refractivity contribution in [1.29, 1.82) is 0 Å². The van der Waals surface area contributed by atoms with Gasteiger partial charge in [0.15, 0.2) is 0 Å². The number of ether oxygens (including phenoxy) is 1. The summed E-state index contributed by atoms with van der Waals surface area (Å²) in [6.07, 6.45) is 0. The Balaban J connectivity index is 2.29. The van der Waals surface area contributed by atoms with Crippen molar-refractivity contribution in [3.8, 4) is 5.75 Å². The van der Waals surface area contributed by atoms with E-state index in [9.17, 15) is 14.9 Å². The van der Waals surface area contributed by atoms with Crippen LogP contribution in [0.2, 0.25) is 0 Å². The van der Waals surface area contributed by atoms with Crippen molar-refractivity contribution in [2.75, 3.05) is 12.4 Å². The van der Waals surface area contributed by atoms with Gasteiger partial charge in [0.25, 0.3) is 11.6 Å². The number of aromatic nitrogens is 1. The van der Waals surface area contributed by atoms with Gasteiger partial charge in [0.2, 0.25) is 5.76 Å². The van der Waals surface area contributed by atoms with Gasteiger partial charge in [0, 0.05) is 18.2 Å². The quantitative estimate of drug-likeness (QED) is 0.677. The molecule has 0 spiro atoms. The Morgan fingerprint density at radius 2 is 2.20 bits per heavy atom. The van der Waals surface area contributed by atoms with Crippen molar-refractivity contribution in [2.24, 2.45) is 0 Å². The van der Waals surface area contributed by atoms with Crippen LogP contribution in [0.25, 0.3) is 0 Å². The molecule has 2 rings (SSSR count). The first kappa shape index (κ1) is 13.5. The molecule has 0 bridgehead atoms. The second-order valence-electron chi connectivity index (χ2n) is 3.93. The van der Waals surface area contributed by atoms with E-state index < -0.39 is 10.8 Å². The SMILES string of the molecule is COc1ccc([N+](=O)[O-])cc1NC(=O)c1cc(C)no1. The minimum atomic E-state index is -0.565. The van der Waals surface area contributed by atoms with Crippen LogP contribution in [0, 0.1) is 17.0 Å². The molecule has 1 heterocycles. The maximum Gasteiger partial charge on any atom is 0.294 e. The number of nitro groups is 1. The molecule has 8 nitrogen and oxygen atoms in total. The lowest BCUT2D eigenvalue weighted by atomic mass is 10.2. The molecule has 0 radical (unpaired) electrons. The fraction of sp³-hybridized carbons (Fsp3) is 0.167. The summed E-state index contributed by atoms with van der Waals surface area (Å²) in [5, 5.41) is 16.8. The molecule has 0 saturated carbocycles. The maximum atomic E-state index is 11.9. The van der Waals surface area contributed by atoms with Crippen molar-refractivity contribution < 1.29 is 19.0 Å². The number of rotatable bonds is 4. The van der Waals surface area contributed by atoms with Gasteiger partial charge in [0.05, 0.1) is 23.4 Å². The van der Waals surface area contributed by atoms with E-state index in [2.05, 4.69) is 10.5 Å². The van der Waals surface area contributed by atoms with Gasteiger partial charge in [-0.05, 0) is 13.0 Å². The highest BCUT2D eigenvalue weighted by atomic mass is 16.6. The number of hydrogen-bond donors (Lipinski definition) is 1. The zero-order chi connectivity index (χ0) is 14.7. The average molecular weight is 277 g/mol. The van der Waals surface area contributed by atoms with Crippen molar-refractivity contribution in [1.82, 2.24) is 5.16 Å². The molecular weight excluding hydrogens is 266 g/mol. The highest BCUT2D eigenvalue weighted by Crippen LogP contribution is 2.29. The van der Waals surface area contributed by atoms with Gasteiger partial charge in [-0.3, -0.25) is 14.9 Å². The number of methoxy groups -OCH3 is 1. The van der Waals surface area contributed by atoms with Crippen LogP contribution in [0.5, 0.6) is 5.75 Å². The molecule has 1 N–H and O–H groups in total. The Hall–Kier alpha value is -2.90. The highest BCUT2D eigenvalue weighted by Gasteiger charge is 2.17. The first-order valence-corrected chi connectivity index (χ1v) is 5.58. The largest absolute Gasteiger partial charge is 0.495 e. The summed E-state index contributed by atoms with van der Waals surface area (Å²) in [5.74, 6) is -0.249. The predicted octanol–water partition coefficient (Wildman–Crippen LogP) is 2.15. The lowest BCUT2D eigenvalue weighted by Gasteiger charge is -2.08. The van der Waals surface area contributed by atoms with Gasteiger partial charge in [-0.15, -0.1) is 0 Å². The summed E-state index contributed by atoms with van der Waals surface area (Å²) < 4.78 is 9.85. The van der Waals surface area contributed by atoms with Crippen LogP contribution in [0.1, 0.15) is 16.2 Å².